The van der Waals surface area contributed by atoms with Crippen molar-refractivity contribution in [3.63, 3.8) is 0 Å². The lowest BCUT2D eigenvalue weighted by atomic mass is 9.95. The first-order chi connectivity index (χ1) is 17.7. The molecule has 4 rings (SSSR count). The van der Waals surface area contributed by atoms with Crippen molar-refractivity contribution in [1.29, 1.82) is 0 Å². The summed E-state index contributed by atoms with van der Waals surface area (Å²) in [6, 6.07) is 9.90. The molecular formula is C27H27BrN2O6S. The van der Waals surface area contributed by atoms with Crippen LogP contribution in [0, 0.1) is 0 Å². The summed E-state index contributed by atoms with van der Waals surface area (Å²) in [5.41, 5.74) is 1.76. The zero-order chi connectivity index (χ0) is 26.9. The highest BCUT2D eigenvalue weighted by molar-refractivity contribution is 9.10. The van der Waals surface area contributed by atoms with Gasteiger partial charge >= 0.3 is 5.97 Å². The van der Waals surface area contributed by atoms with Gasteiger partial charge in [0.2, 0.25) is 0 Å². The number of thiazole rings is 1. The van der Waals surface area contributed by atoms with Crippen LogP contribution >= 0.6 is 27.3 Å². The summed E-state index contributed by atoms with van der Waals surface area (Å²) >= 11 is 4.53. The number of esters is 1. The van der Waals surface area contributed by atoms with Crippen molar-refractivity contribution in [3.8, 4) is 17.2 Å². The summed E-state index contributed by atoms with van der Waals surface area (Å²) in [6.07, 6.45) is 1.59. The maximum atomic E-state index is 13.8. The first-order valence-corrected chi connectivity index (χ1v) is 13.3. The molecular weight excluding hydrogens is 560 g/mol. The van der Waals surface area contributed by atoms with Gasteiger partial charge in [0.15, 0.2) is 16.3 Å². The van der Waals surface area contributed by atoms with E-state index in [1.807, 2.05) is 38.1 Å². The molecule has 1 atom stereocenters. The number of phenolic OH excluding ortho intramolecular Hbond substituents is 1. The van der Waals surface area contributed by atoms with E-state index < -0.39 is 12.0 Å². The Balaban J connectivity index is 1.98. The zero-order valence-corrected chi connectivity index (χ0v) is 23.5. The van der Waals surface area contributed by atoms with Crippen LogP contribution in [0.3, 0.4) is 0 Å². The third kappa shape index (κ3) is 5.21. The number of carbonyl (C=O) groups excluding carboxylic acids is 1. The van der Waals surface area contributed by atoms with Gasteiger partial charge < -0.3 is 19.3 Å². The number of phenols is 1. The Hall–Kier alpha value is -3.37. The number of para-hydroxylation sites is 1. The van der Waals surface area contributed by atoms with Crippen molar-refractivity contribution in [2.45, 2.75) is 39.8 Å². The van der Waals surface area contributed by atoms with Gasteiger partial charge in [-0.1, -0.05) is 29.5 Å². The number of halogens is 1. The van der Waals surface area contributed by atoms with Crippen molar-refractivity contribution < 1.29 is 24.1 Å². The Morgan fingerprint density at radius 3 is 2.68 bits per heavy atom. The Bertz CT molecular complexity index is 1570. The van der Waals surface area contributed by atoms with E-state index >= 15 is 0 Å². The molecule has 0 spiro atoms. The number of methoxy groups -OCH3 is 1. The van der Waals surface area contributed by atoms with Crippen molar-refractivity contribution in [3.05, 3.63) is 83.0 Å². The van der Waals surface area contributed by atoms with Crippen molar-refractivity contribution in [2.75, 3.05) is 13.7 Å². The SMILES string of the molecule is CCOC(=O)C1=C(C)N=c2s/c(=C\c3cc(Br)c(O)c(OC)c3)c(=O)n2[C@@H]1c1ccccc1OC(C)C. The summed E-state index contributed by atoms with van der Waals surface area (Å²) < 4.78 is 19.0. The van der Waals surface area contributed by atoms with Crippen LogP contribution in [0.5, 0.6) is 17.2 Å². The zero-order valence-electron chi connectivity index (χ0n) is 21.1. The van der Waals surface area contributed by atoms with Gasteiger partial charge in [0.25, 0.3) is 5.56 Å². The van der Waals surface area contributed by atoms with Gasteiger partial charge in [0.1, 0.15) is 11.8 Å². The number of hydrogen-bond donors (Lipinski definition) is 1. The van der Waals surface area contributed by atoms with Gasteiger partial charge in [-0.25, -0.2) is 9.79 Å². The number of aromatic nitrogens is 1. The first-order valence-electron chi connectivity index (χ1n) is 11.7. The quantitative estimate of drug-likeness (QED) is 0.419. The molecule has 8 nitrogen and oxygen atoms in total. The fraction of sp³-hybridized carbons (Fsp3) is 0.296. The molecule has 0 fully saturated rings. The molecule has 0 aliphatic carbocycles. The maximum Gasteiger partial charge on any atom is 0.338 e. The second-order valence-corrected chi connectivity index (χ2v) is 10.4. The molecule has 2 aromatic carbocycles. The van der Waals surface area contributed by atoms with Crippen LogP contribution in [0.1, 0.15) is 44.9 Å². The van der Waals surface area contributed by atoms with Gasteiger partial charge in [0, 0.05) is 5.56 Å². The molecule has 0 saturated heterocycles. The Kier molecular flexibility index (Phi) is 7.89. The van der Waals surface area contributed by atoms with Crippen LogP contribution < -0.4 is 24.4 Å². The van der Waals surface area contributed by atoms with Gasteiger partial charge in [-0.2, -0.15) is 0 Å². The average Bonchev–Trinajstić information content (AvgIpc) is 3.14. The fourth-order valence-electron chi connectivity index (χ4n) is 4.14. The van der Waals surface area contributed by atoms with E-state index in [-0.39, 0.29) is 35.3 Å². The Morgan fingerprint density at radius 1 is 1.27 bits per heavy atom. The lowest BCUT2D eigenvalue weighted by Gasteiger charge is -2.26. The fourth-order valence-corrected chi connectivity index (χ4v) is 5.64. The summed E-state index contributed by atoms with van der Waals surface area (Å²) in [7, 11) is 1.45. The number of aromatic hydroxyl groups is 1. The van der Waals surface area contributed by atoms with E-state index in [0.717, 1.165) is 0 Å². The highest BCUT2D eigenvalue weighted by atomic mass is 79.9. The molecule has 1 aliphatic rings. The molecule has 0 radical (unpaired) electrons. The highest BCUT2D eigenvalue weighted by Crippen LogP contribution is 2.37. The molecule has 2 heterocycles. The Labute approximate surface area is 226 Å². The van der Waals surface area contributed by atoms with Crippen molar-refractivity contribution in [2.24, 2.45) is 4.99 Å². The molecule has 1 N–H and O–H groups in total. The molecule has 1 aliphatic heterocycles. The van der Waals surface area contributed by atoms with Crippen LogP contribution in [0.4, 0.5) is 0 Å². The number of rotatable bonds is 7. The first kappa shape index (κ1) is 26.7. The number of benzene rings is 2. The van der Waals surface area contributed by atoms with E-state index in [4.69, 9.17) is 14.2 Å². The largest absolute Gasteiger partial charge is 0.503 e. The molecule has 0 bridgehead atoms. The second kappa shape index (κ2) is 10.9. The number of carbonyl (C=O) groups is 1. The predicted octanol–water partition coefficient (Wildman–Crippen LogP) is 4.06. The Morgan fingerprint density at radius 2 is 2.00 bits per heavy atom. The minimum Gasteiger partial charge on any atom is -0.503 e. The number of allylic oxidation sites excluding steroid dienone is 1. The van der Waals surface area contributed by atoms with Crippen molar-refractivity contribution in [1.82, 2.24) is 4.57 Å². The van der Waals surface area contributed by atoms with E-state index in [0.29, 0.717) is 36.4 Å². The molecule has 37 heavy (non-hydrogen) atoms. The predicted molar refractivity (Wildman–Crippen MR) is 145 cm³/mol. The minimum absolute atomic E-state index is 0.0300. The second-order valence-electron chi connectivity index (χ2n) is 8.56. The lowest BCUT2D eigenvalue weighted by Crippen LogP contribution is -2.40. The monoisotopic (exact) mass is 586 g/mol. The van der Waals surface area contributed by atoms with Gasteiger partial charge in [-0.3, -0.25) is 9.36 Å². The molecule has 0 amide bonds. The number of nitrogens with zero attached hydrogens (tertiary/aromatic N) is 2. The molecule has 0 saturated carbocycles. The number of fused-ring (bicyclic) bond motifs is 1. The summed E-state index contributed by atoms with van der Waals surface area (Å²) in [5.74, 6) is 0.277. The van der Waals surface area contributed by atoms with Crippen molar-refractivity contribution >= 4 is 39.3 Å². The van der Waals surface area contributed by atoms with Crippen LogP contribution in [-0.4, -0.2) is 35.5 Å². The van der Waals surface area contributed by atoms with Crippen LogP contribution in [0.2, 0.25) is 0 Å². The lowest BCUT2D eigenvalue weighted by molar-refractivity contribution is -0.139. The minimum atomic E-state index is -0.784. The number of ether oxygens (including phenoxy) is 3. The summed E-state index contributed by atoms with van der Waals surface area (Å²) in [4.78, 5) is 32.1. The molecule has 194 valence electrons. The van der Waals surface area contributed by atoms with Crippen LogP contribution in [0.15, 0.2) is 61.9 Å². The standard InChI is InChI=1S/C27H27BrN2O6S/c1-6-35-26(33)22-15(4)29-27-30(23(22)17-9-7-8-10-19(17)36-14(2)3)25(32)21(37-27)13-16-11-18(28)24(31)20(12-16)34-5/h7-14,23,31H,6H2,1-5H3/b21-13-/t23-/m1/s1. The molecule has 0 unspecified atom stereocenters. The topological polar surface area (TPSA) is 99.4 Å². The maximum absolute atomic E-state index is 13.8. The van der Waals surface area contributed by atoms with E-state index in [1.54, 1.807) is 32.1 Å². The smallest absolute Gasteiger partial charge is 0.338 e. The van der Waals surface area contributed by atoms with Crippen LogP contribution in [-0.2, 0) is 9.53 Å². The summed E-state index contributed by atoms with van der Waals surface area (Å²) in [5, 5.41) is 10.2. The highest BCUT2D eigenvalue weighted by Gasteiger charge is 2.35. The molecule has 10 heteroatoms. The third-order valence-electron chi connectivity index (χ3n) is 5.66. The van der Waals surface area contributed by atoms with Gasteiger partial charge in [-0.05, 0) is 73.5 Å². The van der Waals surface area contributed by atoms with Gasteiger partial charge in [-0.15, -0.1) is 0 Å². The molecule has 1 aromatic heterocycles. The molecule has 3 aromatic rings. The third-order valence-corrected chi connectivity index (χ3v) is 7.25. The van der Waals surface area contributed by atoms with E-state index in [1.165, 1.54) is 23.0 Å². The van der Waals surface area contributed by atoms with E-state index in [2.05, 4.69) is 20.9 Å². The van der Waals surface area contributed by atoms with Crippen LogP contribution in [0.25, 0.3) is 6.08 Å². The van der Waals surface area contributed by atoms with E-state index in [9.17, 15) is 14.7 Å². The summed E-state index contributed by atoms with van der Waals surface area (Å²) in [6.45, 7) is 7.50. The average molecular weight is 587 g/mol. The number of hydrogen-bond acceptors (Lipinski definition) is 8. The normalized spacial score (nSPS) is 15.4. The van der Waals surface area contributed by atoms with Gasteiger partial charge in [0.05, 0.1) is 40.1 Å².